The lowest BCUT2D eigenvalue weighted by Crippen LogP contribution is -2.00. The van der Waals surface area contributed by atoms with Crippen molar-refractivity contribution >= 4 is 43.7 Å². The van der Waals surface area contributed by atoms with Gasteiger partial charge in [-0.3, -0.25) is 0 Å². The Balaban J connectivity index is 1.27. The summed E-state index contributed by atoms with van der Waals surface area (Å²) in [6.45, 7) is 0. The molecule has 3 heterocycles. The van der Waals surface area contributed by atoms with Gasteiger partial charge in [0, 0.05) is 38.7 Å². The van der Waals surface area contributed by atoms with E-state index < -0.39 is 0 Å². The third kappa shape index (κ3) is 4.46. The first-order valence-electron chi connectivity index (χ1n) is 16.9. The van der Waals surface area contributed by atoms with E-state index in [9.17, 15) is 0 Å². The zero-order chi connectivity index (χ0) is 33.0. The fourth-order valence-electron chi connectivity index (χ4n) is 7.46. The predicted molar refractivity (Wildman–Crippen MR) is 207 cm³/mol. The topological polar surface area (TPSA) is 35.6 Å². The van der Waals surface area contributed by atoms with E-state index in [1.54, 1.807) is 0 Å². The summed E-state index contributed by atoms with van der Waals surface area (Å²) in [6.07, 6.45) is 0. The van der Waals surface area contributed by atoms with Gasteiger partial charge in [0.1, 0.15) is 5.52 Å². The molecule has 0 N–H and O–H groups in total. The maximum atomic E-state index is 5.38. The summed E-state index contributed by atoms with van der Waals surface area (Å²) >= 11 is 0. The summed E-state index contributed by atoms with van der Waals surface area (Å²) in [4.78, 5) is 10.6. The average molecular weight is 639 g/mol. The fourth-order valence-corrected chi connectivity index (χ4v) is 7.46. The van der Waals surface area contributed by atoms with Gasteiger partial charge in [-0.1, -0.05) is 133 Å². The molecule has 0 bridgehead atoms. The molecule has 0 aliphatic rings. The molecule has 4 nitrogen and oxygen atoms in total. The van der Waals surface area contributed by atoms with Crippen LogP contribution in [-0.2, 0) is 0 Å². The third-order valence-electron chi connectivity index (χ3n) is 9.71. The van der Waals surface area contributed by atoms with E-state index in [4.69, 9.17) is 9.97 Å². The van der Waals surface area contributed by atoms with Gasteiger partial charge in [0.15, 0.2) is 5.82 Å². The van der Waals surface area contributed by atoms with Gasteiger partial charge in [-0.25, -0.2) is 9.97 Å². The van der Waals surface area contributed by atoms with Crippen LogP contribution in [0.3, 0.4) is 0 Å². The zero-order valence-electron chi connectivity index (χ0n) is 27.1. The summed E-state index contributed by atoms with van der Waals surface area (Å²) in [5.74, 6) is 0.712. The highest BCUT2D eigenvalue weighted by molar-refractivity contribution is 6.14. The van der Waals surface area contributed by atoms with Crippen LogP contribution in [0.15, 0.2) is 182 Å². The van der Waals surface area contributed by atoms with Crippen molar-refractivity contribution in [2.24, 2.45) is 0 Å². The Hall–Kier alpha value is -6.78. The van der Waals surface area contributed by atoms with E-state index in [0.717, 1.165) is 55.6 Å². The Morgan fingerprint density at radius 1 is 0.340 bits per heavy atom. The Morgan fingerprint density at radius 3 is 1.68 bits per heavy atom. The molecular weight excluding hydrogens is 609 g/mol. The van der Waals surface area contributed by atoms with Crippen LogP contribution in [0.4, 0.5) is 0 Å². The molecule has 0 amide bonds. The van der Waals surface area contributed by atoms with Gasteiger partial charge >= 0.3 is 0 Å². The monoisotopic (exact) mass is 638 g/mol. The van der Waals surface area contributed by atoms with Crippen LogP contribution in [0, 0.1) is 0 Å². The minimum absolute atomic E-state index is 0.712. The standard InChI is InChI=1S/C46H30N4/c1-4-15-31(16-5-1)33-19-14-22-36(29-33)49-40-25-12-10-23-37(40)39-30-34(27-28-42(39)49)43-45-44(48-46(47-43)32-17-6-2-7-18-32)38-24-11-13-26-41(38)50(45)35-20-8-3-9-21-35/h1-30H. The normalized spacial score (nSPS) is 11.6. The molecule has 0 unspecified atom stereocenters. The summed E-state index contributed by atoms with van der Waals surface area (Å²) in [5, 5.41) is 3.48. The van der Waals surface area contributed by atoms with Crippen molar-refractivity contribution in [3.63, 3.8) is 0 Å². The van der Waals surface area contributed by atoms with Gasteiger partial charge in [0.05, 0.1) is 27.8 Å². The second kappa shape index (κ2) is 11.4. The van der Waals surface area contributed by atoms with Gasteiger partial charge in [-0.15, -0.1) is 0 Å². The first-order valence-corrected chi connectivity index (χ1v) is 16.9. The second-order valence-corrected chi connectivity index (χ2v) is 12.6. The summed E-state index contributed by atoms with van der Waals surface area (Å²) in [6, 6.07) is 64.2. The lowest BCUT2D eigenvalue weighted by molar-refractivity contribution is 1.15. The van der Waals surface area contributed by atoms with Crippen molar-refractivity contribution in [2.75, 3.05) is 0 Å². The first kappa shape index (κ1) is 28.3. The van der Waals surface area contributed by atoms with Gasteiger partial charge in [0.25, 0.3) is 0 Å². The Morgan fingerprint density at radius 2 is 0.920 bits per heavy atom. The number of para-hydroxylation sites is 3. The zero-order valence-corrected chi connectivity index (χ0v) is 27.1. The van der Waals surface area contributed by atoms with Crippen molar-refractivity contribution in [2.45, 2.75) is 0 Å². The lowest BCUT2D eigenvalue weighted by Gasteiger charge is -2.13. The smallest absolute Gasteiger partial charge is 0.160 e. The quantitative estimate of drug-likeness (QED) is 0.188. The summed E-state index contributed by atoms with van der Waals surface area (Å²) in [5.41, 5.74) is 12.9. The number of benzene rings is 7. The van der Waals surface area contributed by atoms with Crippen LogP contribution in [0.25, 0.3) is 88.9 Å². The largest absolute Gasteiger partial charge is 0.309 e. The number of nitrogens with zero attached hydrogens (tertiary/aromatic N) is 4. The maximum absolute atomic E-state index is 5.38. The summed E-state index contributed by atoms with van der Waals surface area (Å²) < 4.78 is 4.70. The molecular formula is C46H30N4. The lowest BCUT2D eigenvalue weighted by atomic mass is 10.0. The number of aromatic nitrogens is 4. The fraction of sp³-hybridized carbons (Fsp3) is 0. The second-order valence-electron chi connectivity index (χ2n) is 12.6. The number of rotatable bonds is 5. The molecule has 0 aliphatic heterocycles. The van der Waals surface area contributed by atoms with E-state index in [1.165, 1.54) is 27.4 Å². The van der Waals surface area contributed by atoms with Crippen LogP contribution < -0.4 is 0 Å². The molecule has 50 heavy (non-hydrogen) atoms. The van der Waals surface area contributed by atoms with Crippen molar-refractivity contribution in [3.05, 3.63) is 182 Å². The van der Waals surface area contributed by atoms with E-state index in [2.05, 4.69) is 173 Å². The molecule has 7 aromatic carbocycles. The number of fused-ring (bicyclic) bond motifs is 6. The molecule has 0 saturated heterocycles. The molecule has 3 aromatic heterocycles. The molecule has 234 valence electrons. The highest BCUT2D eigenvalue weighted by atomic mass is 15.0. The van der Waals surface area contributed by atoms with Crippen molar-refractivity contribution in [1.29, 1.82) is 0 Å². The Kier molecular flexibility index (Phi) is 6.46. The van der Waals surface area contributed by atoms with Gasteiger partial charge in [0.2, 0.25) is 0 Å². The molecule has 10 rings (SSSR count). The molecule has 0 saturated carbocycles. The Labute approximate surface area is 289 Å². The third-order valence-corrected chi connectivity index (χ3v) is 9.71. The molecule has 0 atom stereocenters. The molecule has 0 spiro atoms. The minimum Gasteiger partial charge on any atom is -0.309 e. The molecule has 0 fully saturated rings. The maximum Gasteiger partial charge on any atom is 0.160 e. The van der Waals surface area contributed by atoms with Crippen LogP contribution in [-0.4, -0.2) is 19.1 Å². The van der Waals surface area contributed by atoms with Crippen LogP contribution in [0.5, 0.6) is 0 Å². The van der Waals surface area contributed by atoms with Gasteiger partial charge in [-0.2, -0.15) is 0 Å². The predicted octanol–water partition coefficient (Wildman–Crippen LogP) is 11.7. The van der Waals surface area contributed by atoms with E-state index in [-0.39, 0.29) is 0 Å². The highest BCUT2D eigenvalue weighted by Gasteiger charge is 2.22. The number of hydrogen-bond donors (Lipinski definition) is 0. The van der Waals surface area contributed by atoms with Gasteiger partial charge < -0.3 is 9.13 Å². The first-order chi connectivity index (χ1) is 24.8. The highest BCUT2D eigenvalue weighted by Crippen LogP contribution is 2.40. The average Bonchev–Trinajstić information content (AvgIpc) is 3.71. The molecule has 0 radical (unpaired) electrons. The van der Waals surface area contributed by atoms with Crippen molar-refractivity contribution < 1.29 is 0 Å². The Bertz CT molecular complexity index is 2850. The van der Waals surface area contributed by atoms with Crippen LogP contribution in [0.1, 0.15) is 0 Å². The van der Waals surface area contributed by atoms with Crippen LogP contribution >= 0.6 is 0 Å². The minimum atomic E-state index is 0.712. The summed E-state index contributed by atoms with van der Waals surface area (Å²) in [7, 11) is 0. The van der Waals surface area contributed by atoms with E-state index in [0.29, 0.717) is 5.82 Å². The number of hydrogen-bond acceptors (Lipinski definition) is 2. The van der Waals surface area contributed by atoms with Crippen molar-refractivity contribution in [3.8, 4) is 45.1 Å². The van der Waals surface area contributed by atoms with Gasteiger partial charge in [-0.05, 0) is 59.7 Å². The van der Waals surface area contributed by atoms with Crippen LogP contribution in [0.2, 0.25) is 0 Å². The molecule has 0 aliphatic carbocycles. The van der Waals surface area contributed by atoms with Crippen molar-refractivity contribution in [1.82, 2.24) is 19.1 Å². The molecule has 10 aromatic rings. The van der Waals surface area contributed by atoms with E-state index in [1.807, 2.05) is 18.2 Å². The molecule has 4 heteroatoms. The van der Waals surface area contributed by atoms with E-state index >= 15 is 0 Å². The SMILES string of the molecule is c1ccc(-c2cccc(-n3c4ccccc4c4cc(-c5nc(-c6ccccc6)nc6c7ccccc7n(-c7ccccc7)c56)ccc43)c2)cc1.